The van der Waals surface area contributed by atoms with Gasteiger partial charge in [0.15, 0.2) is 11.5 Å². The fourth-order valence-electron chi connectivity index (χ4n) is 3.40. The van der Waals surface area contributed by atoms with Crippen LogP contribution in [-0.4, -0.2) is 33.9 Å². The van der Waals surface area contributed by atoms with Crippen LogP contribution >= 0.6 is 0 Å². The lowest BCUT2D eigenvalue weighted by Crippen LogP contribution is -2.38. The summed E-state index contributed by atoms with van der Waals surface area (Å²) in [5, 5.41) is 5.99. The maximum absolute atomic E-state index is 12.3. The zero-order chi connectivity index (χ0) is 19.2. The number of nitrogens with one attached hydrogen (secondary N) is 2. The number of carbonyl (C=O) groups excluding carboxylic acids is 1. The Kier molecular flexibility index (Phi) is 6.06. The van der Waals surface area contributed by atoms with Crippen LogP contribution in [0.2, 0.25) is 0 Å². The van der Waals surface area contributed by atoms with Crippen LogP contribution in [0.25, 0.3) is 0 Å². The van der Waals surface area contributed by atoms with Crippen LogP contribution < -0.4 is 24.8 Å². The second kappa shape index (κ2) is 8.66. The fraction of sp³-hybridized carbons (Fsp3) is 0.381. The van der Waals surface area contributed by atoms with Crippen molar-refractivity contribution in [3.05, 3.63) is 53.1 Å². The standard InChI is InChI=1S/C21H26N2O4/c1-25-16-7-4-14(5-8-16)10-11-22-21(24)23-18-9-6-15-12-19(26-2)20(27-3)13-17(15)18/h4-5,7-8,12-13,18H,6,9-11H2,1-3H3,(H2,22,23,24)/t18-/m1/s1. The predicted molar refractivity (Wildman–Crippen MR) is 104 cm³/mol. The Labute approximate surface area is 159 Å². The fourth-order valence-corrected chi connectivity index (χ4v) is 3.40. The molecule has 6 nitrogen and oxygen atoms in total. The van der Waals surface area contributed by atoms with Gasteiger partial charge in [0.25, 0.3) is 0 Å². The lowest BCUT2D eigenvalue weighted by Gasteiger charge is -2.17. The maximum Gasteiger partial charge on any atom is 0.315 e. The predicted octanol–water partition coefficient (Wildman–Crippen LogP) is 3.24. The average Bonchev–Trinajstić information content (AvgIpc) is 3.08. The molecule has 0 radical (unpaired) electrons. The Morgan fingerprint density at radius 2 is 1.74 bits per heavy atom. The van der Waals surface area contributed by atoms with Gasteiger partial charge in [0.2, 0.25) is 0 Å². The molecule has 2 aromatic carbocycles. The van der Waals surface area contributed by atoms with Crippen molar-refractivity contribution in [3.8, 4) is 17.2 Å². The van der Waals surface area contributed by atoms with Gasteiger partial charge in [0.1, 0.15) is 5.75 Å². The average molecular weight is 370 g/mol. The van der Waals surface area contributed by atoms with Crippen molar-refractivity contribution in [1.82, 2.24) is 10.6 Å². The molecule has 0 saturated carbocycles. The van der Waals surface area contributed by atoms with Crippen LogP contribution in [0.5, 0.6) is 17.2 Å². The van der Waals surface area contributed by atoms with E-state index in [-0.39, 0.29) is 12.1 Å². The minimum atomic E-state index is -0.156. The number of methoxy groups -OCH3 is 3. The Balaban J connectivity index is 1.53. The third kappa shape index (κ3) is 4.45. The van der Waals surface area contributed by atoms with Crippen LogP contribution in [-0.2, 0) is 12.8 Å². The molecule has 2 aromatic rings. The minimum Gasteiger partial charge on any atom is -0.497 e. The Hall–Kier alpha value is -2.89. The third-order valence-electron chi connectivity index (χ3n) is 4.89. The first kappa shape index (κ1) is 18.9. The van der Waals surface area contributed by atoms with E-state index in [1.54, 1.807) is 21.3 Å². The van der Waals surface area contributed by atoms with Gasteiger partial charge < -0.3 is 24.8 Å². The minimum absolute atomic E-state index is 0.0132. The Bertz CT molecular complexity index is 790. The zero-order valence-corrected chi connectivity index (χ0v) is 16.0. The highest BCUT2D eigenvalue weighted by atomic mass is 16.5. The monoisotopic (exact) mass is 370 g/mol. The van der Waals surface area contributed by atoms with Crippen LogP contribution in [0.15, 0.2) is 36.4 Å². The molecule has 0 aromatic heterocycles. The number of benzene rings is 2. The van der Waals surface area contributed by atoms with Gasteiger partial charge in [0.05, 0.1) is 27.4 Å². The second-order valence-corrected chi connectivity index (χ2v) is 6.50. The first-order valence-corrected chi connectivity index (χ1v) is 9.06. The number of fused-ring (bicyclic) bond motifs is 1. The van der Waals surface area contributed by atoms with Crippen molar-refractivity contribution in [3.63, 3.8) is 0 Å². The maximum atomic E-state index is 12.3. The van der Waals surface area contributed by atoms with Gasteiger partial charge in [-0.1, -0.05) is 12.1 Å². The van der Waals surface area contributed by atoms with E-state index < -0.39 is 0 Å². The lowest BCUT2D eigenvalue weighted by molar-refractivity contribution is 0.237. The van der Waals surface area contributed by atoms with Crippen molar-refractivity contribution in [2.24, 2.45) is 0 Å². The lowest BCUT2D eigenvalue weighted by atomic mass is 10.1. The quantitative estimate of drug-likeness (QED) is 0.785. The van der Waals surface area contributed by atoms with Crippen LogP contribution in [0.1, 0.15) is 29.2 Å². The summed E-state index contributed by atoms with van der Waals surface area (Å²) in [6.07, 6.45) is 2.55. The number of aryl methyl sites for hydroxylation is 1. The van der Waals surface area contributed by atoms with Gasteiger partial charge in [-0.25, -0.2) is 4.79 Å². The van der Waals surface area contributed by atoms with Crippen molar-refractivity contribution >= 4 is 6.03 Å². The molecule has 0 fully saturated rings. The van der Waals surface area contributed by atoms with Gasteiger partial charge in [-0.05, 0) is 60.2 Å². The molecule has 0 bridgehead atoms. The smallest absolute Gasteiger partial charge is 0.315 e. The summed E-state index contributed by atoms with van der Waals surface area (Å²) < 4.78 is 15.9. The molecule has 27 heavy (non-hydrogen) atoms. The molecule has 1 aliphatic rings. The highest BCUT2D eigenvalue weighted by molar-refractivity contribution is 5.74. The highest BCUT2D eigenvalue weighted by Gasteiger charge is 2.26. The van der Waals surface area contributed by atoms with Crippen molar-refractivity contribution < 1.29 is 19.0 Å². The topological polar surface area (TPSA) is 68.8 Å². The van der Waals surface area contributed by atoms with Gasteiger partial charge in [-0.15, -0.1) is 0 Å². The molecule has 0 saturated heterocycles. The van der Waals surface area contributed by atoms with Crippen molar-refractivity contribution in [1.29, 1.82) is 0 Å². The number of hydrogen-bond acceptors (Lipinski definition) is 4. The van der Waals surface area contributed by atoms with E-state index in [4.69, 9.17) is 14.2 Å². The molecule has 0 unspecified atom stereocenters. The van der Waals surface area contributed by atoms with Gasteiger partial charge in [-0.3, -0.25) is 0 Å². The van der Waals surface area contributed by atoms with Crippen molar-refractivity contribution in [2.75, 3.05) is 27.9 Å². The van der Waals surface area contributed by atoms with E-state index in [1.807, 2.05) is 36.4 Å². The SMILES string of the molecule is COc1ccc(CCNC(=O)N[C@@H]2CCc3cc(OC)c(OC)cc32)cc1. The Morgan fingerprint density at radius 1 is 1.04 bits per heavy atom. The molecule has 0 aliphatic heterocycles. The molecule has 1 atom stereocenters. The van der Waals surface area contributed by atoms with E-state index >= 15 is 0 Å². The van der Waals surface area contributed by atoms with Gasteiger partial charge in [0, 0.05) is 6.54 Å². The molecule has 2 amide bonds. The molecule has 2 N–H and O–H groups in total. The van der Waals surface area contributed by atoms with E-state index in [0.717, 1.165) is 41.9 Å². The summed E-state index contributed by atoms with van der Waals surface area (Å²) in [5.41, 5.74) is 3.44. The van der Waals surface area contributed by atoms with Crippen LogP contribution in [0, 0.1) is 0 Å². The summed E-state index contributed by atoms with van der Waals surface area (Å²) in [4.78, 5) is 12.3. The summed E-state index contributed by atoms with van der Waals surface area (Å²) in [7, 11) is 4.90. The first-order chi connectivity index (χ1) is 13.1. The van der Waals surface area contributed by atoms with Crippen LogP contribution in [0.3, 0.4) is 0 Å². The summed E-state index contributed by atoms with van der Waals surface area (Å²) in [6, 6.07) is 11.6. The number of rotatable bonds is 7. The van der Waals surface area contributed by atoms with Gasteiger partial charge >= 0.3 is 6.03 Å². The molecular formula is C21H26N2O4. The molecule has 1 aliphatic carbocycles. The molecule has 144 valence electrons. The molecule has 0 heterocycles. The summed E-state index contributed by atoms with van der Waals surface area (Å²) >= 11 is 0. The third-order valence-corrected chi connectivity index (χ3v) is 4.89. The first-order valence-electron chi connectivity index (χ1n) is 9.06. The normalized spacial score (nSPS) is 15.0. The molecule has 0 spiro atoms. The zero-order valence-electron chi connectivity index (χ0n) is 16.0. The van der Waals surface area contributed by atoms with E-state index in [0.29, 0.717) is 12.3 Å². The second-order valence-electron chi connectivity index (χ2n) is 6.50. The number of urea groups is 1. The number of amides is 2. The summed E-state index contributed by atoms with van der Waals surface area (Å²) in [5.74, 6) is 2.24. The highest BCUT2D eigenvalue weighted by Crippen LogP contribution is 2.39. The number of ether oxygens (including phenoxy) is 3. The number of carbonyl (C=O) groups is 1. The van der Waals surface area contributed by atoms with E-state index in [2.05, 4.69) is 10.6 Å². The van der Waals surface area contributed by atoms with Gasteiger partial charge in [-0.2, -0.15) is 0 Å². The number of hydrogen-bond donors (Lipinski definition) is 2. The van der Waals surface area contributed by atoms with E-state index in [9.17, 15) is 4.79 Å². The summed E-state index contributed by atoms with van der Waals surface area (Å²) in [6.45, 7) is 0.573. The van der Waals surface area contributed by atoms with Crippen molar-refractivity contribution in [2.45, 2.75) is 25.3 Å². The molecule has 6 heteroatoms. The molecule has 3 rings (SSSR count). The Morgan fingerprint density at radius 3 is 2.41 bits per heavy atom. The van der Waals surface area contributed by atoms with E-state index in [1.165, 1.54) is 5.56 Å². The molecular weight excluding hydrogens is 344 g/mol. The largest absolute Gasteiger partial charge is 0.497 e. The van der Waals surface area contributed by atoms with Crippen LogP contribution in [0.4, 0.5) is 4.79 Å².